The van der Waals surface area contributed by atoms with E-state index in [0.29, 0.717) is 0 Å². The number of benzene rings is 2. The SMILES string of the molecule is Cc1c([Si](C)(C)CCC(F)(F)F)sc2c(-c3cc(C(C)(C)C)c4ccccc4c3)nccc12. The van der Waals surface area contributed by atoms with Crippen LogP contribution in [0.25, 0.3) is 32.1 Å². The summed E-state index contributed by atoms with van der Waals surface area (Å²) in [7, 11) is -2.25. The topological polar surface area (TPSA) is 12.9 Å². The van der Waals surface area contributed by atoms with E-state index in [1.165, 1.54) is 16.3 Å². The highest BCUT2D eigenvalue weighted by atomic mass is 32.1. The Hall–Kier alpha value is -2.18. The fraction of sp³-hybridized carbons (Fsp3) is 0.370. The van der Waals surface area contributed by atoms with E-state index in [4.69, 9.17) is 4.98 Å². The first-order valence-electron chi connectivity index (χ1n) is 11.3. The summed E-state index contributed by atoms with van der Waals surface area (Å²) in [6.45, 7) is 12.8. The van der Waals surface area contributed by atoms with Gasteiger partial charge in [0, 0.05) is 18.2 Å². The minimum Gasteiger partial charge on any atom is -0.255 e. The molecule has 2 aromatic carbocycles. The van der Waals surface area contributed by atoms with Crippen molar-refractivity contribution in [3.8, 4) is 11.3 Å². The van der Waals surface area contributed by atoms with E-state index < -0.39 is 20.7 Å². The van der Waals surface area contributed by atoms with Crippen molar-refractivity contribution in [1.82, 2.24) is 4.98 Å². The van der Waals surface area contributed by atoms with Crippen molar-refractivity contribution >= 4 is 44.8 Å². The molecule has 0 N–H and O–H groups in total. The average molecular weight is 486 g/mol. The van der Waals surface area contributed by atoms with Crippen LogP contribution in [0.5, 0.6) is 0 Å². The van der Waals surface area contributed by atoms with Crippen LogP contribution in [0, 0.1) is 6.92 Å². The third-order valence-electron chi connectivity index (χ3n) is 6.44. The zero-order valence-corrected chi connectivity index (χ0v) is 21.8. The van der Waals surface area contributed by atoms with Crippen molar-refractivity contribution in [2.75, 3.05) is 0 Å². The van der Waals surface area contributed by atoms with Crippen LogP contribution in [0.15, 0.2) is 48.7 Å². The molecule has 4 rings (SSSR count). The van der Waals surface area contributed by atoms with Crippen LogP contribution in [0.3, 0.4) is 0 Å². The summed E-state index contributed by atoms with van der Waals surface area (Å²) in [5, 5.41) is 3.52. The van der Waals surface area contributed by atoms with Gasteiger partial charge >= 0.3 is 6.18 Å². The molecule has 0 bridgehead atoms. The third kappa shape index (κ3) is 4.73. The van der Waals surface area contributed by atoms with Crippen molar-refractivity contribution in [2.24, 2.45) is 0 Å². The highest BCUT2D eigenvalue weighted by Crippen LogP contribution is 2.39. The van der Waals surface area contributed by atoms with Gasteiger partial charge in [-0.2, -0.15) is 13.2 Å². The molecule has 0 aliphatic rings. The molecule has 2 aromatic heterocycles. The Kier molecular flexibility index (Phi) is 5.98. The maximum absolute atomic E-state index is 13.0. The Balaban J connectivity index is 1.90. The molecule has 0 aliphatic heterocycles. The molecule has 0 unspecified atom stereocenters. The maximum atomic E-state index is 13.0. The fourth-order valence-electron chi connectivity index (χ4n) is 4.63. The van der Waals surface area contributed by atoms with Gasteiger partial charge in [0.25, 0.3) is 0 Å². The van der Waals surface area contributed by atoms with Crippen LogP contribution in [0.4, 0.5) is 13.2 Å². The highest BCUT2D eigenvalue weighted by Gasteiger charge is 2.35. The number of pyridine rings is 1. The van der Waals surface area contributed by atoms with Crippen LogP contribution in [0.2, 0.25) is 19.1 Å². The van der Waals surface area contributed by atoms with Gasteiger partial charge in [0.15, 0.2) is 0 Å². The van der Waals surface area contributed by atoms with Crippen LogP contribution < -0.4 is 4.50 Å². The van der Waals surface area contributed by atoms with Gasteiger partial charge in [-0.25, -0.2) is 0 Å². The normalized spacial score (nSPS) is 13.2. The average Bonchev–Trinajstić information content (AvgIpc) is 3.08. The van der Waals surface area contributed by atoms with Gasteiger partial charge in [-0.1, -0.05) is 58.1 Å². The first kappa shape index (κ1) is 24.0. The summed E-state index contributed by atoms with van der Waals surface area (Å²) in [5.74, 6) is 0. The number of halogens is 3. The number of aromatic nitrogens is 1. The number of hydrogen-bond donors (Lipinski definition) is 0. The highest BCUT2D eigenvalue weighted by molar-refractivity contribution is 7.32. The van der Waals surface area contributed by atoms with Crippen molar-refractivity contribution < 1.29 is 13.2 Å². The second-order valence-electron chi connectivity index (χ2n) is 10.6. The molecule has 0 radical (unpaired) electrons. The summed E-state index contributed by atoms with van der Waals surface area (Å²) >= 11 is 1.65. The molecule has 0 saturated carbocycles. The standard InChI is InChI=1S/C27H30F3NSSi/c1-17-20-11-13-31-23(24(20)32-25(17)33(5,6)14-12-27(28,29)30)19-15-18-9-7-8-10-21(18)22(16-19)26(2,3)4/h7-11,13,15-16H,12,14H2,1-6H3. The van der Waals surface area contributed by atoms with Gasteiger partial charge in [0.1, 0.15) is 0 Å². The van der Waals surface area contributed by atoms with Crippen molar-refractivity contribution in [3.63, 3.8) is 0 Å². The molecule has 1 nitrogen and oxygen atoms in total. The van der Waals surface area contributed by atoms with E-state index in [0.717, 1.165) is 31.4 Å². The van der Waals surface area contributed by atoms with E-state index in [1.807, 2.05) is 12.3 Å². The second-order valence-corrected chi connectivity index (χ2v) is 16.7. The number of aryl methyl sites for hydroxylation is 1. The van der Waals surface area contributed by atoms with Gasteiger partial charge in [0.2, 0.25) is 0 Å². The number of hydrogen-bond acceptors (Lipinski definition) is 2. The molecule has 0 saturated heterocycles. The summed E-state index contributed by atoms with van der Waals surface area (Å²) in [5.41, 5.74) is 4.33. The van der Waals surface area contributed by atoms with E-state index in [2.05, 4.69) is 77.2 Å². The zero-order valence-electron chi connectivity index (χ0n) is 20.0. The molecule has 2 heterocycles. The molecule has 6 heteroatoms. The number of rotatable bonds is 4. The molecule has 174 valence electrons. The lowest BCUT2D eigenvalue weighted by molar-refractivity contribution is -0.130. The molecule has 0 aliphatic carbocycles. The molecule has 0 spiro atoms. The molecule has 33 heavy (non-hydrogen) atoms. The van der Waals surface area contributed by atoms with Gasteiger partial charge in [-0.3, -0.25) is 4.98 Å². The first-order valence-corrected chi connectivity index (χ1v) is 15.3. The smallest absolute Gasteiger partial charge is 0.255 e. The number of fused-ring (bicyclic) bond motifs is 2. The van der Waals surface area contributed by atoms with Crippen molar-refractivity contribution in [3.05, 3.63) is 59.8 Å². The third-order valence-corrected chi connectivity index (χ3v) is 12.6. The van der Waals surface area contributed by atoms with Crippen LogP contribution in [-0.2, 0) is 5.41 Å². The molecule has 0 atom stereocenters. The molecular weight excluding hydrogens is 455 g/mol. The predicted octanol–water partition coefficient (Wildman–Crippen LogP) is 8.59. The number of nitrogens with zero attached hydrogens (tertiary/aromatic N) is 1. The summed E-state index contributed by atoms with van der Waals surface area (Å²) in [6, 6.07) is 15.1. The Bertz CT molecular complexity index is 1330. The Morgan fingerprint density at radius 1 is 0.970 bits per heavy atom. The molecule has 0 fully saturated rings. The monoisotopic (exact) mass is 485 g/mol. The summed E-state index contributed by atoms with van der Waals surface area (Å²) in [4.78, 5) is 4.77. The predicted molar refractivity (Wildman–Crippen MR) is 139 cm³/mol. The van der Waals surface area contributed by atoms with Crippen molar-refractivity contribution in [1.29, 1.82) is 0 Å². The minimum absolute atomic E-state index is 0.0352. The summed E-state index contributed by atoms with van der Waals surface area (Å²) < 4.78 is 41.1. The number of thiophene rings is 1. The van der Waals surface area contributed by atoms with Crippen LogP contribution >= 0.6 is 11.3 Å². The Morgan fingerprint density at radius 2 is 1.67 bits per heavy atom. The Morgan fingerprint density at radius 3 is 2.33 bits per heavy atom. The number of alkyl halides is 3. The van der Waals surface area contributed by atoms with E-state index in [9.17, 15) is 13.2 Å². The van der Waals surface area contributed by atoms with E-state index >= 15 is 0 Å². The Labute approximate surface area is 198 Å². The van der Waals surface area contributed by atoms with Gasteiger partial charge in [-0.05, 0) is 68.4 Å². The van der Waals surface area contributed by atoms with Crippen LogP contribution in [0.1, 0.15) is 38.3 Å². The second kappa shape index (κ2) is 8.24. The van der Waals surface area contributed by atoms with Gasteiger partial charge < -0.3 is 0 Å². The minimum atomic E-state index is -4.12. The quantitative estimate of drug-likeness (QED) is 0.264. The molecule has 0 amide bonds. The zero-order chi connectivity index (χ0) is 24.2. The molecular formula is C27H30F3NSSi. The van der Waals surface area contributed by atoms with Gasteiger partial charge in [-0.15, -0.1) is 11.3 Å². The summed E-state index contributed by atoms with van der Waals surface area (Å²) in [6.07, 6.45) is -3.00. The largest absolute Gasteiger partial charge is 0.388 e. The lowest BCUT2D eigenvalue weighted by atomic mass is 9.82. The maximum Gasteiger partial charge on any atom is 0.388 e. The van der Waals surface area contributed by atoms with E-state index in [1.54, 1.807) is 11.3 Å². The molecule has 4 aromatic rings. The van der Waals surface area contributed by atoms with Crippen LogP contribution in [-0.4, -0.2) is 19.2 Å². The lowest BCUT2D eigenvalue weighted by Gasteiger charge is -2.23. The lowest BCUT2D eigenvalue weighted by Crippen LogP contribution is -2.41. The first-order chi connectivity index (χ1) is 15.3. The van der Waals surface area contributed by atoms with Crippen molar-refractivity contribution in [2.45, 2.75) is 64.8 Å². The fourth-order valence-corrected chi connectivity index (χ4v) is 9.70. The van der Waals surface area contributed by atoms with E-state index in [-0.39, 0.29) is 11.5 Å². The van der Waals surface area contributed by atoms with Gasteiger partial charge in [0.05, 0.1) is 18.5 Å².